The maximum absolute atomic E-state index is 11.8. The number of fused-ring (bicyclic) bond motifs is 7. The van der Waals surface area contributed by atoms with E-state index < -0.39 is 155 Å². The normalized spacial score (nSPS) is 56.7. The van der Waals surface area contributed by atoms with Crippen LogP contribution in [0.15, 0.2) is 11.6 Å². The first-order valence-corrected chi connectivity index (χ1v) is 26.4. The molecule has 12 N–H and O–H groups in total. The SMILES string of the molecule is C[C@H]1CC[C@@]2(OC1)O[C@H]1C[C@H]3[C@@H]4CC=C5C[C@@H](O[C@@H]6O[C@H](CO)[C@H](O[C@@H]7O[C@H](CO)[C@@H](O)[C@H](O[C@@H]8OC[C@@H](O)C(O)[C@H]8O)[C@H]7O[C@@H]7O[C@H](CO)[C@@H](O)[C@H](O)[C@H]7O)[C@H](O)[C@H]6O)CC[C@]5(C)[C@H]4CC[C@]3(C)[C@H]1[C@@H]2C. The van der Waals surface area contributed by atoms with Crippen molar-refractivity contribution in [1.29, 1.82) is 0 Å². The highest BCUT2D eigenvalue weighted by Crippen LogP contribution is 2.70. The minimum Gasteiger partial charge on any atom is -0.394 e. The average molecular weight is 1030 g/mol. The molecule has 0 radical (unpaired) electrons. The van der Waals surface area contributed by atoms with Crippen LogP contribution in [0.3, 0.4) is 0 Å². The maximum atomic E-state index is 11.8. The van der Waals surface area contributed by atoms with Gasteiger partial charge in [-0.05, 0) is 91.8 Å². The summed E-state index contributed by atoms with van der Waals surface area (Å²) in [6.45, 7) is 7.28. The van der Waals surface area contributed by atoms with Crippen LogP contribution in [0.2, 0.25) is 0 Å². The highest BCUT2D eigenvalue weighted by molar-refractivity contribution is 5.26. The minimum absolute atomic E-state index is 0.0473. The minimum atomic E-state index is -2.00. The highest BCUT2D eigenvalue weighted by Gasteiger charge is 2.69. The summed E-state index contributed by atoms with van der Waals surface area (Å²) < 4.78 is 61.3. The van der Waals surface area contributed by atoms with E-state index in [9.17, 15) is 61.3 Å². The van der Waals surface area contributed by atoms with Crippen molar-refractivity contribution in [2.75, 3.05) is 33.0 Å². The Morgan fingerprint density at radius 2 is 1.24 bits per heavy atom. The summed E-state index contributed by atoms with van der Waals surface area (Å²) in [6, 6.07) is 0. The molecule has 0 aromatic carbocycles. The summed E-state index contributed by atoms with van der Waals surface area (Å²) >= 11 is 0. The second kappa shape index (κ2) is 20.9. The van der Waals surface area contributed by atoms with Crippen molar-refractivity contribution in [3.63, 3.8) is 0 Å². The molecule has 1 spiro atoms. The molecule has 9 fully saturated rings. The fourth-order valence-corrected chi connectivity index (χ4v) is 15.3. The van der Waals surface area contributed by atoms with Crippen LogP contribution in [0.4, 0.5) is 0 Å². The van der Waals surface area contributed by atoms with Gasteiger partial charge in [0.1, 0.15) is 91.6 Å². The second-order valence-corrected chi connectivity index (χ2v) is 23.5. The van der Waals surface area contributed by atoms with E-state index in [1.54, 1.807) is 0 Å². The van der Waals surface area contributed by atoms with Gasteiger partial charge >= 0.3 is 0 Å². The first-order valence-electron chi connectivity index (χ1n) is 26.4. The van der Waals surface area contributed by atoms with Crippen molar-refractivity contribution in [2.24, 2.45) is 46.3 Å². The molecule has 1 unspecified atom stereocenters. The van der Waals surface area contributed by atoms with Gasteiger partial charge in [0.2, 0.25) is 0 Å². The van der Waals surface area contributed by atoms with Gasteiger partial charge in [-0.25, -0.2) is 0 Å². The highest BCUT2D eigenvalue weighted by atomic mass is 16.8. The zero-order valence-corrected chi connectivity index (χ0v) is 41.5. The summed E-state index contributed by atoms with van der Waals surface area (Å²) in [5.41, 5.74) is 1.44. The van der Waals surface area contributed by atoms with Gasteiger partial charge in [-0.2, -0.15) is 0 Å². The molecule has 6 saturated heterocycles. The van der Waals surface area contributed by atoms with Gasteiger partial charge in [0.05, 0.1) is 45.2 Å². The molecule has 22 heteroatoms. The molecule has 3 saturated carbocycles. The first kappa shape index (κ1) is 54.2. The lowest BCUT2D eigenvalue weighted by atomic mass is 9.47. The molecule has 6 aliphatic heterocycles. The fourth-order valence-electron chi connectivity index (χ4n) is 15.3. The zero-order chi connectivity index (χ0) is 51.3. The predicted octanol–water partition coefficient (Wildman–Crippen LogP) is -2.35. The van der Waals surface area contributed by atoms with E-state index >= 15 is 0 Å². The summed E-state index contributed by atoms with van der Waals surface area (Å²) in [5, 5.41) is 129. The second-order valence-electron chi connectivity index (χ2n) is 23.5. The number of aliphatic hydroxyl groups is 12. The molecule has 0 bridgehead atoms. The van der Waals surface area contributed by atoms with E-state index in [2.05, 4.69) is 33.8 Å². The van der Waals surface area contributed by atoms with Crippen LogP contribution < -0.4 is 0 Å². The van der Waals surface area contributed by atoms with Gasteiger partial charge < -0.3 is 109 Å². The van der Waals surface area contributed by atoms with Crippen molar-refractivity contribution < 1.29 is 109 Å². The van der Waals surface area contributed by atoms with Gasteiger partial charge in [-0.3, -0.25) is 0 Å². The number of ether oxygens (including phenoxy) is 10. The molecule has 0 aromatic rings. The molecule has 30 atom stereocenters. The monoisotopic (exact) mass is 1030 g/mol. The molecule has 10 aliphatic rings. The maximum Gasteiger partial charge on any atom is 0.187 e. The van der Waals surface area contributed by atoms with E-state index in [1.165, 1.54) is 5.57 Å². The van der Waals surface area contributed by atoms with Crippen LogP contribution in [0, 0.1) is 46.3 Å². The third-order valence-corrected chi connectivity index (χ3v) is 19.4. The third kappa shape index (κ3) is 9.18. The van der Waals surface area contributed by atoms with Crippen molar-refractivity contribution in [3.05, 3.63) is 11.6 Å². The van der Waals surface area contributed by atoms with Crippen molar-refractivity contribution in [1.82, 2.24) is 0 Å². The van der Waals surface area contributed by atoms with Crippen LogP contribution in [0.5, 0.6) is 0 Å². The fraction of sp³-hybridized carbons (Fsp3) is 0.960. The van der Waals surface area contributed by atoms with Crippen LogP contribution in [-0.2, 0) is 47.4 Å². The van der Waals surface area contributed by atoms with Crippen LogP contribution in [0.25, 0.3) is 0 Å². The number of hydrogen-bond acceptors (Lipinski definition) is 22. The van der Waals surface area contributed by atoms with E-state index in [0.29, 0.717) is 48.3 Å². The largest absolute Gasteiger partial charge is 0.394 e. The lowest BCUT2D eigenvalue weighted by Crippen LogP contribution is -2.68. The van der Waals surface area contributed by atoms with E-state index in [4.69, 9.17) is 47.4 Å². The van der Waals surface area contributed by atoms with E-state index in [-0.39, 0.29) is 16.9 Å². The van der Waals surface area contributed by atoms with Gasteiger partial charge in [0, 0.05) is 12.3 Å². The molecule has 10 rings (SSSR count). The third-order valence-electron chi connectivity index (χ3n) is 19.4. The topological polar surface area (TPSA) is 335 Å². The molecule has 0 aromatic heterocycles. The molecular weight excluding hydrogens is 953 g/mol. The Hall–Kier alpha value is -1.14. The van der Waals surface area contributed by atoms with Crippen molar-refractivity contribution in [3.8, 4) is 0 Å². The number of hydrogen-bond donors (Lipinski definition) is 12. The summed E-state index contributed by atoms with van der Waals surface area (Å²) in [4.78, 5) is 0. The Balaban J connectivity index is 0.826. The predicted molar refractivity (Wildman–Crippen MR) is 242 cm³/mol. The van der Waals surface area contributed by atoms with Crippen LogP contribution in [-0.4, -0.2) is 229 Å². The quantitative estimate of drug-likeness (QED) is 0.0964. The van der Waals surface area contributed by atoms with Crippen LogP contribution >= 0.6 is 0 Å². The van der Waals surface area contributed by atoms with E-state index in [1.807, 2.05) is 0 Å². The molecule has 412 valence electrons. The lowest BCUT2D eigenvalue weighted by molar-refractivity contribution is -0.403. The van der Waals surface area contributed by atoms with E-state index in [0.717, 1.165) is 51.6 Å². The molecular formula is C50H80O22. The summed E-state index contributed by atoms with van der Waals surface area (Å²) in [5.74, 6) is 2.46. The Bertz CT molecular complexity index is 1890. The van der Waals surface area contributed by atoms with Crippen molar-refractivity contribution >= 4 is 0 Å². The zero-order valence-electron chi connectivity index (χ0n) is 41.5. The smallest absolute Gasteiger partial charge is 0.187 e. The summed E-state index contributed by atoms with van der Waals surface area (Å²) in [6.07, 6.45) is -22.3. The molecule has 6 heterocycles. The molecule has 22 nitrogen and oxygen atoms in total. The van der Waals surface area contributed by atoms with Crippen LogP contribution in [0.1, 0.15) is 85.5 Å². The first-order chi connectivity index (χ1) is 34.3. The molecule has 0 amide bonds. The van der Waals surface area contributed by atoms with Crippen molar-refractivity contribution in [2.45, 2.75) is 220 Å². The van der Waals surface area contributed by atoms with Gasteiger partial charge in [0.15, 0.2) is 30.9 Å². The number of allylic oxidation sites excluding steroid dienone is 1. The Morgan fingerprint density at radius 3 is 1.94 bits per heavy atom. The average Bonchev–Trinajstić information content (AvgIpc) is 3.82. The summed E-state index contributed by atoms with van der Waals surface area (Å²) in [7, 11) is 0. The Kier molecular flexibility index (Phi) is 15.7. The standard InChI is InChI=1S/C50H80O22/c1-20-7-12-50(64-18-20)21(2)32-28(72-50)14-26-24-6-5-22-13-23(8-10-48(22,3)25(24)9-11-49(26,32)4)65-45-40(62)37(59)41(31(17-53)68-45)69-47-43(71-46-39(61)36(58)34(56)29(15-51)66-46)42(35(57)30(16-52)67-47)70-44-38(60)33(55)27(54)19-63-44/h5,20-21,23-47,51-62H,6-19H2,1-4H3/t20-,21-,23-,24+,25-,26-,27+,28-,29+,30+,31+,32-,33?,34+,35+,36-,37+,38+,39+,40+,41-,42-,43+,44-,45+,46-,47-,48-,49-,50+/m0/s1. The number of rotatable bonds is 11. The molecule has 72 heavy (non-hydrogen) atoms. The molecule has 4 aliphatic carbocycles. The van der Waals surface area contributed by atoms with Gasteiger partial charge in [0.25, 0.3) is 0 Å². The van der Waals surface area contributed by atoms with Gasteiger partial charge in [-0.15, -0.1) is 0 Å². The van der Waals surface area contributed by atoms with Gasteiger partial charge in [-0.1, -0.05) is 39.3 Å². The Labute approximate surface area is 419 Å². The lowest BCUT2D eigenvalue weighted by Gasteiger charge is -2.58. The Morgan fingerprint density at radius 1 is 0.597 bits per heavy atom. The number of aliphatic hydroxyl groups excluding tert-OH is 12.